The summed E-state index contributed by atoms with van der Waals surface area (Å²) in [6.07, 6.45) is 2.52. The third-order valence-electron chi connectivity index (χ3n) is 7.55. The van der Waals surface area contributed by atoms with Crippen molar-refractivity contribution < 1.29 is 28.1 Å². The van der Waals surface area contributed by atoms with Gasteiger partial charge in [-0.25, -0.2) is 4.39 Å². The van der Waals surface area contributed by atoms with Gasteiger partial charge in [0.15, 0.2) is 0 Å². The summed E-state index contributed by atoms with van der Waals surface area (Å²) in [5.74, 6) is 0.336. The Morgan fingerprint density at radius 2 is 1.36 bits per heavy atom. The molecule has 7 nitrogen and oxygen atoms in total. The molecule has 4 aromatic rings. The smallest absolute Gasteiger partial charge is 0.311 e. The van der Waals surface area contributed by atoms with Crippen molar-refractivity contribution in [3.8, 4) is 11.5 Å². The van der Waals surface area contributed by atoms with Crippen LogP contribution >= 0.6 is 0 Å². The van der Waals surface area contributed by atoms with Crippen molar-refractivity contribution in [2.75, 3.05) is 33.8 Å². The molecule has 0 aliphatic carbocycles. The van der Waals surface area contributed by atoms with Gasteiger partial charge < -0.3 is 24.3 Å². The molecule has 0 spiro atoms. The Labute approximate surface area is 258 Å². The van der Waals surface area contributed by atoms with E-state index < -0.39 is 12.0 Å². The number of rotatable bonds is 15. The van der Waals surface area contributed by atoms with E-state index in [1.54, 1.807) is 33.5 Å². The molecule has 1 unspecified atom stereocenters. The molecule has 4 rings (SSSR count). The van der Waals surface area contributed by atoms with Crippen molar-refractivity contribution in [3.63, 3.8) is 0 Å². The molecule has 1 N–H and O–H groups in total. The van der Waals surface area contributed by atoms with Gasteiger partial charge in [0.25, 0.3) is 0 Å². The molecule has 0 bridgehead atoms. The summed E-state index contributed by atoms with van der Waals surface area (Å²) in [6, 6.07) is 29.2. The van der Waals surface area contributed by atoms with Crippen molar-refractivity contribution in [2.45, 2.75) is 31.5 Å². The molecular weight excluding hydrogens is 559 g/mol. The Hall–Kier alpha value is -4.69. The molecule has 0 aliphatic rings. The van der Waals surface area contributed by atoms with E-state index in [4.69, 9.17) is 18.9 Å². The van der Waals surface area contributed by atoms with Crippen LogP contribution in [0.1, 0.15) is 47.2 Å². The van der Waals surface area contributed by atoms with Crippen molar-refractivity contribution >= 4 is 17.9 Å². The minimum Gasteiger partial charge on any atom is -0.497 e. The Bertz CT molecular complexity index is 1470. The fourth-order valence-electron chi connectivity index (χ4n) is 5.06. The first kappa shape index (κ1) is 32.2. The SMILES string of the molecule is COC(=O)[C@H](CC[C@H](OC)c1ccc(F)cc1)C(Nc1ccc(C/N=C/c2ccc(OC)cc2)cc1)c1ccc(OC)cc1. The van der Waals surface area contributed by atoms with Gasteiger partial charge in [0.2, 0.25) is 0 Å². The molecule has 8 heteroatoms. The van der Waals surface area contributed by atoms with E-state index in [-0.39, 0.29) is 17.9 Å². The molecule has 230 valence electrons. The van der Waals surface area contributed by atoms with E-state index in [9.17, 15) is 9.18 Å². The molecule has 0 saturated carbocycles. The Balaban J connectivity index is 1.52. The minimum atomic E-state index is -0.541. The van der Waals surface area contributed by atoms with Crippen LogP contribution in [0.4, 0.5) is 10.1 Å². The van der Waals surface area contributed by atoms with E-state index >= 15 is 0 Å². The highest BCUT2D eigenvalue weighted by Gasteiger charge is 2.32. The van der Waals surface area contributed by atoms with Crippen LogP contribution in [0.15, 0.2) is 102 Å². The van der Waals surface area contributed by atoms with Gasteiger partial charge in [-0.3, -0.25) is 9.79 Å². The highest BCUT2D eigenvalue weighted by atomic mass is 19.1. The second kappa shape index (κ2) is 16.2. The maximum Gasteiger partial charge on any atom is 0.311 e. The number of hydrogen-bond donors (Lipinski definition) is 1. The number of esters is 1. The molecule has 0 heterocycles. The lowest BCUT2D eigenvalue weighted by Gasteiger charge is -2.29. The summed E-state index contributed by atoms with van der Waals surface area (Å²) in [7, 11) is 6.27. The average Bonchev–Trinajstić information content (AvgIpc) is 3.07. The number of hydrogen-bond acceptors (Lipinski definition) is 7. The lowest BCUT2D eigenvalue weighted by molar-refractivity contribution is -0.146. The number of aliphatic imine (C=N–C) groups is 1. The molecule has 3 atom stereocenters. The quantitative estimate of drug-likeness (QED) is 0.112. The number of carbonyl (C=O) groups is 1. The van der Waals surface area contributed by atoms with Gasteiger partial charge >= 0.3 is 5.97 Å². The van der Waals surface area contributed by atoms with Crippen molar-refractivity contribution in [1.82, 2.24) is 0 Å². The van der Waals surface area contributed by atoms with E-state index in [2.05, 4.69) is 10.3 Å². The van der Waals surface area contributed by atoms with Crippen LogP contribution in [0.2, 0.25) is 0 Å². The largest absolute Gasteiger partial charge is 0.497 e. The fourth-order valence-corrected chi connectivity index (χ4v) is 5.06. The summed E-state index contributed by atoms with van der Waals surface area (Å²) < 4.78 is 35.1. The van der Waals surface area contributed by atoms with Crippen LogP contribution in [-0.2, 0) is 20.8 Å². The molecule has 4 aromatic carbocycles. The minimum absolute atomic E-state index is 0.308. The summed E-state index contributed by atoms with van der Waals surface area (Å²) >= 11 is 0. The van der Waals surface area contributed by atoms with Crippen LogP contribution < -0.4 is 14.8 Å². The van der Waals surface area contributed by atoms with Crippen LogP contribution in [0.25, 0.3) is 0 Å². The number of benzene rings is 4. The summed E-state index contributed by atoms with van der Waals surface area (Å²) in [4.78, 5) is 17.8. The zero-order valence-electron chi connectivity index (χ0n) is 25.5. The first-order chi connectivity index (χ1) is 21.4. The Morgan fingerprint density at radius 1 is 0.773 bits per heavy atom. The third-order valence-corrected chi connectivity index (χ3v) is 7.55. The molecule has 0 radical (unpaired) electrons. The lowest BCUT2D eigenvalue weighted by Crippen LogP contribution is -2.29. The van der Waals surface area contributed by atoms with Gasteiger partial charge in [-0.05, 0) is 95.8 Å². The lowest BCUT2D eigenvalue weighted by atomic mass is 9.87. The van der Waals surface area contributed by atoms with Gasteiger partial charge in [0.1, 0.15) is 17.3 Å². The summed E-state index contributed by atoms with van der Waals surface area (Å²) in [5, 5.41) is 3.57. The molecule has 0 amide bonds. The first-order valence-electron chi connectivity index (χ1n) is 14.4. The van der Waals surface area contributed by atoms with Crippen molar-refractivity contribution in [1.29, 1.82) is 0 Å². The maximum absolute atomic E-state index is 13.5. The summed E-state index contributed by atoms with van der Waals surface area (Å²) in [5.41, 5.74) is 4.65. The predicted octanol–water partition coefficient (Wildman–Crippen LogP) is 7.57. The zero-order valence-corrected chi connectivity index (χ0v) is 25.5. The predicted molar refractivity (Wildman–Crippen MR) is 171 cm³/mol. The number of nitrogens with zero attached hydrogens (tertiary/aromatic N) is 1. The summed E-state index contributed by atoms with van der Waals surface area (Å²) in [6.45, 7) is 0.529. The topological polar surface area (TPSA) is 78.4 Å². The normalized spacial score (nSPS) is 13.2. The van der Waals surface area contributed by atoms with E-state index in [1.807, 2.05) is 79.0 Å². The van der Waals surface area contributed by atoms with Crippen LogP contribution in [0.3, 0.4) is 0 Å². The Kier molecular flexibility index (Phi) is 11.9. The second-order valence-electron chi connectivity index (χ2n) is 10.3. The van der Waals surface area contributed by atoms with Crippen LogP contribution in [-0.4, -0.2) is 40.6 Å². The molecule has 44 heavy (non-hydrogen) atoms. The van der Waals surface area contributed by atoms with Gasteiger partial charge in [-0.2, -0.15) is 0 Å². The Morgan fingerprint density at radius 3 is 1.93 bits per heavy atom. The monoisotopic (exact) mass is 598 g/mol. The molecule has 0 fully saturated rings. The van der Waals surface area contributed by atoms with Gasteiger partial charge in [-0.1, -0.05) is 36.4 Å². The number of methoxy groups -OCH3 is 4. The van der Waals surface area contributed by atoms with E-state index in [0.717, 1.165) is 39.4 Å². The number of carbonyl (C=O) groups excluding carboxylic acids is 1. The van der Waals surface area contributed by atoms with Gasteiger partial charge in [0.05, 0.1) is 45.9 Å². The number of anilines is 1. The third kappa shape index (κ3) is 8.91. The van der Waals surface area contributed by atoms with Crippen molar-refractivity contribution in [2.24, 2.45) is 10.9 Å². The van der Waals surface area contributed by atoms with Gasteiger partial charge in [-0.15, -0.1) is 0 Å². The number of ether oxygens (including phenoxy) is 4. The second-order valence-corrected chi connectivity index (χ2v) is 10.3. The number of nitrogens with one attached hydrogen (secondary N) is 1. The zero-order chi connectivity index (χ0) is 31.3. The van der Waals surface area contributed by atoms with Crippen LogP contribution in [0, 0.1) is 11.7 Å². The average molecular weight is 599 g/mol. The van der Waals surface area contributed by atoms with Crippen LogP contribution in [0.5, 0.6) is 11.5 Å². The highest BCUT2D eigenvalue weighted by Crippen LogP contribution is 2.35. The first-order valence-corrected chi connectivity index (χ1v) is 14.4. The molecule has 0 aliphatic heterocycles. The maximum atomic E-state index is 13.5. The highest BCUT2D eigenvalue weighted by molar-refractivity contribution is 5.79. The fraction of sp³-hybridized carbons (Fsp3) is 0.278. The van der Waals surface area contributed by atoms with Crippen molar-refractivity contribution in [3.05, 3.63) is 125 Å². The molecular formula is C36H39FN2O5. The standard InChI is InChI=1S/C36H39FN2O5/c1-41-31-17-7-26(8-18-31)24-38-23-25-5-15-30(16-6-25)39-35(28-11-19-32(42-2)20-12-28)33(36(40)44-4)21-22-34(43-3)27-9-13-29(37)14-10-27/h5-20,24,33-35,39H,21-23H2,1-4H3/b38-24+/t33-,34+,35?/m1/s1. The molecule has 0 saturated heterocycles. The number of halogens is 1. The van der Waals surface area contributed by atoms with E-state index in [0.29, 0.717) is 19.4 Å². The van der Waals surface area contributed by atoms with Gasteiger partial charge in [0, 0.05) is 19.0 Å². The molecule has 0 aromatic heterocycles. The van der Waals surface area contributed by atoms with E-state index in [1.165, 1.54) is 19.2 Å².